The van der Waals surface area contributed by atoms with Crippen molar-refractivity contribution in [1.29, 1.82) is 0 Å². The number of anilines is 1. The molecule has 0 radical (unpaired) electrons. The number of rotatable bonds is 7. The first-order valence-electron chi connectivity index (χ1n) is 15.4. The lowest BCUT2D eigenvalue weighted by atomic mass is 9.85. The zero-order valence-electron chi connectivity index (χ0n) is 25.8. The molecule has 1 aromatic heterocycles. The molecule has 0 bridgehead atoms. The quantitative estimate of drug-likeness (QED) is 0.324. The molecule has 0 unspecified atom stereocenters. The van der Waals surface area contributed by atoms with Crippen molar-refractivity contribution in [1.82, 2.24) is 9.97 Å². The lowest BCUT2D eigenvalue weighted by Crippen LogP contribution is -2.20. The first-order valence-corrected chi connectivity index (χ1v) is 15.4. The Morgan fingerprint density at radius 1 is 0.925 bits per heavy atom. The van der Waals surface area contributed by atoms with Crippen LogP contribution < -0.4 is 10.1 Å². The number of carbonyl (C=O) groups excluding carboxylic acids is 1. The maximum atomic E-state index is 13.1. The lowest BCUT2D eigenvalue weighted by Gasteiger charge is -2.23. The van der Waals surface area contributed by atoms with E-state index < -0.39 is 0 Å². The van der Waals surface area contributed by atoms with Gasteiger partial charge in [-0.05, 0) is 85.9 Å². The van der Waals surface area contributed by atoms with Crippen LogP contribution in [0.1, 0.15) is 99.9 Å². The summed E-state index contributed by atoms with van der Waals surface area (Å²) >= 11 is 0. The number of nitrogens with one attached hydrogen (secondary N) is 1. The lowest BCUT2D eigenvalue weighted by molar-refractivity contribution is -0.115. The fraction of sp³-hybridized carbons (Fsp3) is 0.514. The van der Waals surface area contributed by atoms with Crippen molar-refractivity contribution in [2.75, 3.05) is 12.4 Å². The second-order valence-corrected chi connectivity index (χ2v) is 10.5. The van der Waals surface area contributed by atoms with Gasteiger partial charge in [0.25, 0.3) is 0 Å². The van der Waals surface area contributed by atoms with Crippen molar-refractivity contribution >= 4 is 11.7 Å². The van der Waals surface area contributed by atoms with E-state index >= 15 is 0 Å². The number of hydrogen-bond donors (Lipinski definition) is 1. The number of hydrogen-bond acceptors (Lipinski definition) is 4. The van der Waals surface area contributed by atoms with Gasteiger partial charge in [0, 0.05) is 5.56 Å². The Hall–Kier alpha value is -3.21. The van der Waals surface area contributed by atoms with Crippen LogP contribution in [-0.4, -0.2) is 23.0 Å². The third kappa shape index (κ3) is 7.93. The largest absolute Gasteiger partial charge is 0.497 e. The normalized spacial score (nSPS) is 14.0. The van der Waals surface area contributed by atoms with Crippen molar-refractivity contribution < 1.29 is 9.53 Å². The van der Waals surface area contributed by atoms with Crippen molar-refractivity contribution in [3.63, 3.8) is 0 Å². The van der Waals surface area contributed by atoms with Gasteiger partial charge in [-0.3, -0.25) is 4.79 Å². The Kier molecular flexibility index (Phi) is 12.2. The van der Waals surface area contributed by atoms with Gasteiger partial charge in [-0.2, -0.15) is 0 Å². The van der Waals surface area contributed by atoms with Crippen LogP contribution in [0.4, 0.5) is 5.82 Å². The second kappa shape index (κ2) is 15.5. The molecule has 5 rings (SSSR count). The molecule has 0 atom stereocenters. The molecule has 216 valence electrons. The Bertz CT molecular complexity index is 1260. The highest BCUT2D eigenvalue weighted by atomic mass is 16.5. The summed E-state index contributed by atoms with van der Waals surface area (Å²) in [6.07, 6.45) is 10.6. The van der Waals surface area contributed by atoms with Crippen LogP contribution in [0.5, 0.6) is 5.75 Å². The molecule has 2 aromatic carbocycles. The Morgan fingerprint density at radius 3 is 2.38 bits per heavy atom. The number of nitrogens with zero attached hydrogens (tertiary/aromatic N) is 2. The molecule has 1 N–H and O–H groups in total. The molecule has 3 aromatic rings. The summed E-state index contributed by atoms with van der Waals surface area (Å²) < 4.78 is 5.44. The van der Waals surface area contributed by atoms with Crippen LogP contribution in [0.2, 0.25) is 0 Å². The Balaban J connectivity index is 0.00000106. The molecule has 1 saturated carbocycles. The molecule has 2 aliphatic carbocycles. The van der Waals surface area contributed by atoms with E-state index in [2.05, 4.69) is 43.4 Å². The summed E-state index contributed by atoms with van der Waals surface area (Å²) in [5.74, 6) is 2.23. The zero-order chi connectivity index (χ0) is 29.1. The molecule has 0 spiro atoms. The summed E-state index contributed by atoms with van der Waals surface area (Å²) in [6, 6.07) is 12.4. The highest BCUT2D eigenvalue weighted by Crippen LogP contribution is 2.36. The fourth-order valence-electron chi connectivity index (χ4n) is 5.65. The van der Waals surface area contributed by atoms with Gasteiger partial charge in [-0.1, -0.05) is 78.0 Å². The van der Waals surface area contributed by atoms with E-state index in [0.29, 0.717) is 12.2 Å². The van der Waals surface area contributed by atoms with Crippen LogP contribution in [0.25, 0.3) is 11.3 Å². The predicted octanol–water partition coefficient (Wildman–Crippen LogP) is 8.61. The number of methoxy groups -OCH3 is 1. The Morgan fingerprint density at radius 2 is 1.68 bits per heavy atom. The monoisotopic (exact) mass is 543 g/mol. The molecule has 1 amide bonds. The summed E-state index contributed by atoms with van der Waals surface area (Å²) in [4.78, 5) is 23.2. The number of aromatic nitrogens is 2. The first-order chi connectivity index (χ1) is 19.5. The van der Waals surface area contributed by atoms with E-state index in [1.54, 1.807) is 7.11 Å². The minimum atomic E-state index is -0.0348. The first kappa shape index (κ1) is 31.3. The van der Waals surface area contributed by atoms with Crippen LogP contribution >= 0.6 is 0 Å². The summed E-state index contributed by atoms with van der Waals surface area (Å²) in [5, 5.41) is 3.14. The summed E-state index contributed by atoms with van der Waals surface area (Å²) in [6.45, 7) is 12.2. The Labute approximate surface area is 242 Å². The van der Waals surface area contributed by atoms with E-state index in [1.165, 1.54) is 48.8 Å². The standard InChI is InChI=1S/C31H37N3O2.2C2H6/c1-20-9-10-23(17-21(20)2)18-29(35)34-31-28(15-11-22-7-5-4-6-8-22)32-30-26-14-13-25(36-3)19-24(26)12-16-27(30)33-31;2*1-2/h9-10,13-14,17,19,22H,4-8,11-12,15-16,18H2,1-3H3,(H,33,34,35);2*1-2H3. The molecular weight excluding hydrogens is 494 g/mol. The average Bonchev–Trinajstić information content (AvgIpc) is 3.00. The van der Waals surface area contributed by atoms with Gasteiger partial charge in [0.2, 0.25) is 5.91 Å². The number of benzene rings is 2. The van der Waals surface area contributed by atoms with Crippen molar-refractivity contribution in [3.05, 3.63) is 70.0 Å². The van der Waals surface area contributed by atoms with Gasteiger partial charge in [0.1, 0.15) is 5.75 Å². The molecule has 5 nitrogen and oxygen atoms in total. The SMILES string of the molecule is CC.CC.COc1ccc2c(c1)CCc1nc(NC(=O)Cc3ccc(C)c(C)c3)c(CCC3CCCCC3)nc1-2. The smallest absolute Gasteiger partial charge is 0.229 e. The second-order valence-electron chi connectivity index (χ2n) is 10.5. The molecule has 1 heterocycles. The van der Waals surface area contributed by atoms with Gasteiger partial charge in [0.15, 0.2) is 5.82 Å². The van der Waals surface area contributed by atoms with Gasteiger partial charge in [-0.15, -0.1) is 0 Å². The number of amides is 1. The van der Waals surface area contributed by atoms with Gasteiger partial charge in [-0.25, -0.2) is 9.97 Å². The van der Waals surface area contributed by atoms with Crippen molar-refractivity contribution in [2.45, 2.75) is 106 Å². The summed E-state index contributed by atoms with van der Waals surface area (Å²) in [5.41, 5.74) is 8.70. The number of ether oxygens (including phenoxy) is 1. The third-order valence-corrected chi connectivity index (χ3v) is 7.95. The van der Waals surface area contributed by atoms with Crippen LogP contribution in [0.15, 0.2) is 36.4 Å². The number of carbonyl (C=O) groups is 1. The fourth-order valence-corrected chi connectivity index (χ4v) is 5.65. The van der Waals surface area contributed by atoms with E-state index in [9.17, 15) is 4.79 Å². The number of fused-ring (bicyclic) bond motifs is 3. The van der Waals surface area contributed by atoms with Gasteiger partial charge < -0.3 is 10.1 Å². The van der Waals surface area contributed by atoms with E-state index in [-0.39, 0.29) is 5.91 Å². The van der Waals surface area contributed by atoms with Crippen molar-refractivity contribution in [2.24, 2.45) is 5.92 Å². The van der Waals surface area contributed by atoms with Crippen molar-refractivity contribution in [3.8, 4) is 17.0 Å². The third-order valence-electron chi connectivity index (χ3n) is 7.95. The van der Waals surface area contributed by atoms with Gasteiger partial charge >= 0.3 is 0 Å². The van der Waals surface area contributed by atoms with E-state index in [0.717, 1.165) is 65.6 Å². The molecule has 0 aliphatic heterocycles. The zero-order valence-corrected chi connectivity index (χ0v) is 25.8. The van der Waals surface area contributed by atoms with E-state index in [1.807, 2.05) is 39.8 Å². The van der Waals surface area contributed by atoms with E-state index in [4.69, 9.17) is 14.7 Å². The molecule has 40 heavy (non-hydrogen) atoms. The molecule has 5 heteroatoms. The predicted molar refractivity (Wildman–Crippen MR) is 167 cm³/mol. The van der Waals surface area contributed by atoms with Crippen LogP contribution in [0.3, 0.4) is 0 Å². The molecule has 1 fully saturated rings. The van der Waals surface area contributed by atoms with Gasteiger partial charge in [0.05, 0.1) is 30.6 Å². The molecular formula is C35H49N3O2. The highest BCUT2D eigenvalue weighted by Gasteiger charge is 2.24. The molecule has 2 aliphatic rings. The van der Waals surface area contributed by atoms with Crippen LogP contribution in [0, 0.1) is 19.8 Å². The summed E-state index contributed by atoms with van der Waals surface area (Å²) in [7, 11) is 1.70. The maximum absolute atomic E-state index is 13.1. The molecule has 0 saturated heterocycles. The minimum absolute atomic E-state index is 0.0348. The minimum Gasteiger partial charge on any atom is -0.497 e. The van der Waals surface area contributed by atoms with Crippen LogP contribution in [-0.2, 0) is 30.5 Å². The average molecular weight is 544 g/mol. The topological polar surface area (TPSA) is 64.1 Å². The highest BCUT2D eigenvalue weighted by molar-refractivity contribution is 5.92. The maximum Gasteiger partial charge on any atom is 0.229 e. The number of aryl methyl sites for hydroxylation is 5.